The number of aromatic nitrogens is 1. The summed E-state index contributed by atoms with van der Waals surface area (Å²) in [6.45, 7) is 5.44. The topological polar surface area (TPSA) is 95.7 Å². The van der Waals surface area contributed by atoms with Crippen molar-refractivity contribution in [3.8, 4) is 0 Å². The van der Waals surface area contributed by atoms with Gasteiger partial charge in [0, 0.05) is 31.5 Å². The molecule has 1 aliphatic heterocycles. The first-order valence-electron chi connectivity index (χ1n) is 10.8. The van der Waals surface area contributed by atoms with Crippen molar-refractivity contribution in [2.24, 2.45) is 0 Å². The average molecular weight is 492 g/mol. The zero-order valence-electron chi connectivity index (χ0n) is 18.9. The fourth-order valence-electron chi connectivity index (χ4n) is 4.24. The number of fused-ring (bicyclic) bond motifs is 1. The second kappa shape index (κ2) is 8.87. The quantitative estimate of drug-likeness (QED) is 0.451. The molecule has 0 amide bonds. The number of nitrogens with zero attached hydrogens (tertiary/aromatic N) is 2. The molecular weight excluding hydrogens is 468 g/mol. The van der Waals surface area contributed by atoms with Crippen molar-refractivity contribution in [2.75, 3.05) is 23.3 Å². The summed E-state index contributed by atoms with van der Waals surface area (Å²) in [5.74, 6) is -3.68. The minimum atomic E-state index is -2.73. The van der Waals surface area contributed by atoms with Crippen molar-refractivity contribution in [3.05, 3.63) is 62.0 Å². The normalized spacial score (nSPS) is 16.5. The molecule has 3 aromatic rings. The van der Waals surface area contributed by atoms with Crippen molar-refractivity contribution < 1.29 is 23.1 Å². The van der Waals surface area contributed by atoms with Crippen LogP contribution >= 0.6 is 11.6 Å². The summed E-state index contributed by atoms with van der Waals surface area (Å²) in [5.41, 5.74) is 1.93. The lowest BCUT2D eigenvalue weighted by atomic mass is 10.00. The van der Waals surface area contributed by atoms with E-state index < -0.39 is 17.9 Å². The Labute approximate surface area is 199 Å². The van der Waals surface area contributed by atoms with Crippen LogP contribution in [0.4, 0.5) is 20.4 Å². The van der Waals surface area contributed by atoms with Gasteiger partial charge in [-0.1, -0.05) is 17.7 Å². The molecule has 1 fully saturated rings. The number of alkyl halides is 2. The van der Waals surface area contributed by atoms with Gasteiger partial charge in [0.2, 0.25) is 5.88 Å². The predicted octanol–water partition coefficient (Wildman–Crippen LogP) is 5.57. The zero-order valence-corrected chi connectivity index (χ0v) is 19.7. The SMILES string of the molecule is Cc1cc(C(C)Nc2ccc(Cl)nc2C(=O)O)c2oc(N3CCC(F)(F)CC3)c(C)c(=O)c2c1. The third-order valence-electron chi connectivity index (χ3n) is 6.05. The number of anilines is 2. The maximum absolute atomic E-state index is 13.7. The minimum Gasteiger partial charge on any atom is -0.476 e. The Morgan fingerprint density at radius 1 is 1.26 bits per heavy atom. The number of benzene rings is 1. The lowest BCUT2D eigenvalue weighted by Gasteiger charge is -2.33. The molecule has 2 aromatic heterocycles. The van der Waals surface area contributed by atoms with Gasteiger partial charge in [0.15, 0.2) is 11.1 Å². The second-order valence-corrected chi connectivity index (χ2v) is 9.02. The highest BCUT2D eigenvalue weighted by atomic mass is 35.5. The zero-order chi connectivity index (χ0) is 24.8. The molecule has 1 saturated heterocycles. The van der Waals surface area contributed by atoms with Gasteiger partial charge < -0.3 is 19.7 Å². The van der Waals surface area contributed by atoms with Crippen LogP contribution in [0.15, 0.2) is 33.5 Å². The third-order valence-corrected chi connectivity index (χ3v) is 6.26. The maximum Gasteiger partial charge on any atom is 0.356 e. The van der Waals surface area contributed by atoms with Crippen molar-refractivity contribution >= 4 is 40.1 Å². The third kappa shape index (κ3) is 4.57. The summed E-state index contributed by atoms with van der Waals surface area (Å²) in [4.78, 5) is 30.4. The number of aryl methyl sites for hydroxylation is 1. The van der Waals surface area contributed by atoms with Crippen LogP contribution in [0.3, 0.4) is 0 Å². The first kappa shape index (κ1) is 23.9. The monoisotopic (exact) mass is 491 g/mol. The van der Waals surface area contributed by atoms with Crippen LogP contribution in [-0.2, 0) is 0 Å². The van der Waals surface area contributed by atoms with Crippen LogP contribution in [0, 0.1) is 13.8 Å². The number of pyridine rings is 1. The molecule has 34 heavy (non-hydrogen) atoms. The van der Waals surface area contributed by atoms with Crippen LogP contribution in [0.2, 0.25) is 5.15 Å². The Bertz CT molecular complexity index is 1330. The number of nitrogens with one attached hydrogen (secondary N) is 1. The molecule has 0 spiro atoms. The highest BCUT2D eigenvalue weighted by Crippen LogP contribution is 2.35. The van der Waals surface area contributed by atoms with Gasteiger partial charge in [-0.3, -0.25) is 4.79 Å². The summed E-state index contributed by atoms with van der Waals surface area (Å²) in [6.07, 6.45) is -0.622. The second-order valence-electron chi connectivity index (χ2n) is 8.64. The molecule has 3 heterocycles. The Balaban J connectivity index is 1.79. The summed E-state index contributed by atoms with van der Waals surface area (Å²) < 4.78 is 33.6. The van der Waals surface area contributed by atoms with Gasteiger partial charge in [0.1, 0.15) is 10.7 Å². The fraction of sp³-hybridized carbons (Fsp3) is 0.375. The van der Waals surface area contributed by atoms with E-state index in [9.17, 15) is 23.5 Å². The highest BCUT2D eigenvalue weighted by molar-refractivity contribution is 6.29. The minimum absolute atomic E-state index is 0.0508. The van der Waals surface area contributed by atoms with Gasteiger partial charge in [-0.2, -0.15) is 0 Å². The summed E-state index contributed by atoms with van der Waals surface area (Å²) in [6, 6.07) is 6.09. The number of halogens is 3. The number of carbonyl (C=O) groups is 1. The molecule has 180 valence electrons. The molecular formula is C24H24ClF2N3O4. The lowest BCUT2D eigenvalue weighted by molar-refractivity contribution is -0.0225. The molecule has 10 heteroatoms. The molecule has 0 radical (unpaired) electrons. The Kier molecular flexibility index (Phi) is 6.24. The molecule has 2 N–H and O–H groups in total. The van der Waals surface area contributed by atoms with E-state index in [0.29, 0.717) is 22.1 Å². The smallest absolute Gasteiger partial charge is 0.356 e. The van der Waals surface area contributed by atoms with Crippen molar-refractivity contribution in [2.45, 2.75) is 45.6 Å². The van der Waals surface area contributed by atoms with E-state index in [1.54, 1.807) is 24.8 Å². The van der Waals surface area contributed by atoms with Crippen molar-refractivity contribution in [3.63, 3.8) is 0 Å². The summed E-state index contributed by atoms with van der Waals surface area (Å²) in [7, 11) is 0. The van der Waals surface area contributed by atoms with Crippen LogP contribution in [0.1, 0.15) is 53.0 Å². The Morgan fingerprint density at radius 2 is 1.94 bits per heavy atom. The van der Waals surface area contributed by atoms with Crippen molar-refractivity contribution in [1.29, 1.82) is 0 Å². The lowest BCUT2D eigenvalue weighted by Crippen LogP contribution is -2.40. The highest BCUT2D eigenvalue weighted by Gasteiger charge is 2.35. The molecule has 4 rings (SSSR count). The Hall–Kier alpha value is -3.20. The average Bonchev–Trinajstić information content (AvgIpc) is 2.77. The van der Waals surface area contributed by atoms with E-state index in [0.717, 1.165) is 5.56 Å². The summed E-state index contributed by atoms with van der Waals surface area (Å²) >= 11 is 5.85. The number of carboxylic acids is 1. The van der Waals surface area contributed by atoms with Gasteiger partial charge in [-0.15, -0.1) is 0 Å². The molecule has 1 aromatic carbocycles. The number of hydrogen-bond donors (Lipinski definition) is 2. The van der Waals surface area contributed by atoms with Crippen LogP contribution in [-0.4, -0.2) is 35.1 Å². The molecule has 0 aliphatic carbocycles. The molecule has 7 nitrogen and oxygen atoms in total. The Morgan fingerprint density at radius 3 is 2.59 bits per heavy atom. The number of aromatic carboxylic acids is 1. The number of rotatable bonds is 5. The fourth-order valence-corrected chi connectivity index (χ4v) is 4.39. The van der Waals surface area contributed by atoms with Gasteiger partial charge in [0.25, 0.3) is 5.92 Å². The van der Waals surface area contributed by atoms with Gasteiger partial charge in [0.05, 0.1) is 22.7 Å². The first-order valence-corrected chi connectivity index (χ1v) is 11.2. The van der Waals surface area contributed by atoms with Crippen LogP contribution < -0.4 is 15.6 Å². The first-order chi connectivity index (χ1) is 16.0. The largest absolute Gasteiger partial charge is 0.476 e. The standard InChI is InChI=1S/C24H24ClF2N3O4/c1-12-10-15(14(3)28-17-4-5-18(25)29-19(17)23(32)33)21-16(11-12)20(31)13(2)22(34-21)30-8-6-24(26,27)7-9-30/h4-5,10-11,14,28H,6-9H2,1-3H3,(H,32,33). The predicted molar refractivity (Wildman–Crippen MR) is 127 cm³/mol. The van der Waals surface area contributed by atoms with Crippen LogP contribution in [0.25, 0.3) is 11.0 Å². The van der Waals surface area contributed by atoms with E-state index in [2.05, 4.69) is 10.3 Å². The molecule has 0 saturated carbocycles. The van der Waals surface area contributed by atoms with E-state index in [4.69, 9.17) is 16.0 Å². The molecule has 1 atom stereocenters. The van der Waals surface area contributed by atoms with E-state index in [1.165, 1.54) is 12.1 Å². The number of carboxylic acid groups (broad SMARTS) is 1. The van der Waals surface area contributed by atoms with Gasteiger partial charge in [-0.25, -0.2) is 18.6 Å². The maximum atomic E-state index is 13.7. The molecule has 0 bridgehead atoms. The van der Waals surface area contributed by atoms with Crippen LogP contribution in [0.5, 0.6) is 0 Å². The number of hydrogen-bond acceptors (Lipinski definition) is 6. The van der Waals surface area contributed by atoms with Gasteiger partial charge in [-0.05, 0) is 44.5 Å². The van der Waals surface area contributed by atoms with E-state index in [-0.39, 0.29) is 53.8 Å². The van der Waals surface area contributed by atoms with Gasteiger partial charge >= 0.3 is 5.97 Å². The molecule has 1 aliphatic rings. The van der Waals surface area contributed by atoms with E-state index in [1.807, 2.05) is 13.0 Å². The van der Waals surface area contributed by atoms with E-state index >= 15 is 0 Å². The summed E-state index contributed by atoms with van der Waals surface area (Å²) in [5, 5.41) is 13.0. The number of piperidine rings is 1. The molecule has 1 unspecified atom stereocenters. The van der Waals surface area contributed by atoms with Crippen molar-refractivity contribution in [1.82, 2.24) is 4.98 Å².